The highest BCUT2D eigenvalue weighted by Gasteiger charge is 2.19. The van der Waals surface area contributed by atoms with Gasteiger partial charge in [0.05, 0.1) is 6.10 Å². The van der Waals surface area contributed by atoms with Gasteiger partial charge >= 0.3 is 0 Å². The van der Waals surface area contributed by atoms with Gasteiger partial charge in [-0.05, 0) is 23.9 Å². The van der Waals surface area contributed by atoms with Crippen LogP contribution < -0.4 is 0 Å². The van der Waals surface area contributed by atoms with Crippen LogP contribution in [0.1, 0.15) is 18.4 Å². The summed E-state index contributed by atoms with van der Waals surface area (Å²) < 4.78 is 5.61. The van der Waals surface area contributed by atoms with E-state index in [0.29, 0.717) is 6.61 Å². The molecule has 1 aromatic rings. The second-order valence-electron chi connectivity index (χ2n) is 4.06. The summed E-state index contributed by atoms with van der Waals surface area (Å²) in [5.74, 6) is 0. The normalized spacial score (nSPS) is 24.5. The largest absolute Gasteiger partial charge is 0.374 e. The van der Waals surface area contributed by atoms with Gasteiger partial charge < -0.3 is 4.74 Å². The maximum Gasteiger partial charge on any atom is 0.0763 e. The van der Waals surface area contributed by atoms with Crippen molar-refractivity contribution in [3.8, 4) is 0 Å². The minimum Gasteiger partial charge on any atom is -0.374 e. The highest BCUT2D eigenvalue weighted by atomic mass is 16.5. The molecule has 0 aromatic heterocycles. The monoisotopic (exact) mass is 229 g/mol. The zero-order chi connectivity index (χ0) is 11.9. The summed E-state index contributed by atoms with van der Waals surface area (Å²) in [6.45, 7) is 0.660. The third-order valence-corrected chi connectivity index (χ3v) is 2.81. The minimum atomic E-state index is 0.0551. The molecule has 1 aliphatic rings. The molecule has 0 saturated carbocycles. The Morgan fingerprint density at radius 3 is 2.94 bits per heavy atom. The van der Waals surface area contributed by atoms with E-state index in [4.69, 9.17) is 10.3 Å². The number of nitrogens with zero attached hydrogens (tertiary/aromatic N) is 3. The Morgan fingerprint density at radius 2 is 2.18 bits per heavy atom. The van der Waals surface area contributed by atoms with Crippen LogP contribution in [0, 0.1) is 0 Å². The van der Waals surface area contributed by atoms with Gasteiger partial charge in [-0.1, -0.05) is 47.6 Å². The SMILES string of the molecule is [N-]=[N+]=N[C@H]1CCO[C@@H](/C=C/c2ccccc2)C1. The van der Waals surface area contributed by atoms with Crippen molar-refractivity contribution in [1.29, 1.82) is 0 Å². The van der Waals surface area contributed by atoms with Gasteiger partial charge in [-0.3, -0.25) is 0 Å². The van der Waals surface area contributed by atoms with E-state index in [1.165, 1.54) is 0 Å². The molecule has 4 nitrogen and oxygen atoms in total. The van der Waals surface area contributed by atoms with Crippen LogP contribution >= 0.6 is 0 Å². The van der Waals surface area contributed by atoms with Gasteiger partial charge in [-0.25, -0.2) is 0 Å². The molecule has 1 heterocycles. The fraction of sp³-hybridized carbons (Fsp3) is 0.385. The Bertz CT molecular complexity index is 424. The zero-order valence-electron chi connectivity index (χ0n) is 9.57. The van der Waals surface area contributed by atoms with Gasteiger partial charge in [-0.2, -0.15) is 0 Å². The Hall–Kier alpha value is -1.77. The van der Waals surface area contributed by atoms with Crippen molar-refractivity contribution in [2.75, 3.05) is 6.61 Å². The molecule has 0 bridgehead atoms. The lowest BCUT2D eigenvalue weighted by Gasteiger charge is -2.24. The van der Waals surface area contributed by atoms with Crippen molar-refractivity contribution < 1.29 is 4.74 Å². The third kappa shape index (κ3) is 3.63. The van der Waals surface area contributed by atoms with Crippen LogP contribution in [0.2, 0.25) is 0 Å². The first-order chi connectivity index (χ1) is 8.38. The quantitative estimate of drug-likeness (QED) is 0.444. The van der Waals surface area contributed by atoms with Gasteiger partial charge in [0.25, 0.3) is 0 Å². The first-order valence-electron chi connectivity index (χ1n) is 5.77. The summed E-state index contributed by atoms with van der Waals surface area (Å²) in [7, 11) is 0. The van der Waals surface area contributed by atoms with E-state index in [9.17, 15) is 0 Å². The molecule has 1 fully saturated rings. The van der Waals surface area contributed by atoms with E-state index in [0.717, 1.165) is 18.4 Å². The fourth-order valence-corrected chi connectivity index (χ4v) is 1.90. The van der Waals surface area contributed by atoms with Gasteiger partial charge in [0.2, 0.25) is 0 Å². The van der Waals surface area contributed by atoms with E-state index in [1.54, 1.807) is 0 Å². The number of benzene rings is 1. The lowest BCUT2D eigenvalue weighted by atomic mass is 10.0. The Labute approximate surface area is 101 Å². The highest BCUT2D eigenvalue weighted by molar-refractivity contribution is 5.49. The Kier molecular flexibility index (Phi) is 4.19. The van der Waals surface area contributed by atoms with Crippen LogP contribution in [0.15, 0.2) is 41.5 Å². The fourth-order valence-electron chi connectivity index (χ4n) is 1.90. The van der Waals surface area contributed by atoms with Crippen LogP contribution in [0.5, 0.6) is 0 Å². The van der Waals surface area contributed by atoms with Crippen molar-refractivity contribution in [3.05, 3.63) is 52.4 Å². The molecular formula is C13H15N3O. The van der Waals surface area contributed by atoms with Gasteiger partial charge in [-0.15, -0.1) is 0 Å². The molecule has 1 aliphatic heterocycles. The number of hydrogen-bond acceptors (Lipinski definition) is 2. The number of azide groups is 1. The van der Waals surface area contributed by atoms with Crippen molar-refractivity contribution in [2.45, 2.75) is 25.0 Å². The smallest absolute Gasteiger partial charge is 0.0763 e. The molecule has 0 spiro atoms. The van der Waals surface area contributed by atoms with Gasteiger partial charge in [0.15, 0.2) is 0 Å². The standard InChI is InChI=1S/C13H15N3O/c14-16-15-12-8-9-17-13(10-12)7-6-11-4-2-1-3-5-11/h1-7,12-13H,8-10H2/b7-6+/t12-,13-/m0/s1. The van der Waals surface area contributed by atoms with E-state index in [1.807, 2.05) is 42.5 Å². The van der Waals surface area contributed by atoms with Crippen molar-refractivity contribution in [3.63, 3.8) is 0 Å². The topological polar surface area (TPSA) is 58.0 Å². The average molecular weight is 229 g/mol. The van der Waals surface area contributed by atoms with Crippen molar-refractivity contribution >= 4 is 6.08 Å². The predicted molar refractivity (Wildman–Crippen MR) is 67.4 cm³/mol. The number of ether oxygens (including phenoxy) is 1. The summed E-state index contributed by atoms with van der Waals surface area (Å²) in [6, 6.07) is 10.2. The van der Waals surface area contributed by atoms with Gasteiger partial charge in [0.1, 0.15) is 0 Å². The second-order valence-corrected chi connectivity index (χ2v) is 4.06. The summed E-state index contributed by atoms with van der Waals surface area (Å²) in [6.07, 6.45) is 5.73. The molecule has 1 saturated heterocycles. The van der Waals surface area contributed by atoms with E-state index >= 15 is 0 Å². The molecule has 0 radical (unpaired) electrons. The molecule has 4 heteroatoms. The lowest BCUT2D eigenvalue weighted by molar-refractivity contribution is 0.0382. The average Bonchev–Trinajstić information content (AvgIpc) is 2.39. The van der Waals surface area contributed by atoms with Crippen LogP contribution in [0.3, 0.4) is 0 Å². The van der Waals surface area contributed by atoms with Gasteiger partial charge in [0, 0.05) is 17.6 Å². The molecule has 0 amide bonds. The molecule has 88 valence electrons. The number of rotatable bonds is 3. The second kappa shape index (κ2) is 6.09. The minimum absolute atomic E-state index is 0.0551. The molecule has 0 aliphatic carbocycles. The number of hydrogen-bond donors (Lipinski definition) is 0. The molecule has 0 N–H and O–H groups in total. The molecule has 2 atom stereocenters. The molecule has 17 heavy (non-hydrogen) atoms. The summed E-state index contributed by atoms with van der Waals surface area (Å²) >= 11 is 0. The van der Waals surface area contributed by atoms with Crippen molar-refractivity contribution in [1.82, 2.24) is 0 Å². The zero-order valence-corrected chi connectivity index (χ0v) is 9.57. The maximum absolute atomic E-state index is 8.41. The highest BCUT2D eigenvalue weighted by Crippen LogP contribution is 2.18. The molecule has 0 unspecified atom stereocenters. The Balaban J connectivity index is 1.95. The summed E-state index contributed by atoms with van der Waals surface area (Å²) in [4.78, 5) is 2.86. The van der Waals surface area contributed by atoms with Crippen LogP contribution in [-0.2, 0) is 4.74 Å². The van der Waals surface area contributed by atoms with Crippen LogP contribution in [0.25, 0.3) is 16.5 Å². The van der Waals surface area contributed by atoms with Crippen molar-refractivity contribution in [2.24, 2.45) is 5.11 Å². The Morgan fingerprint density at radius 1 is 1.35 bits per heavy atom. The van der Waals surface area contributed by atoms with E-state index < -0.39 is 0 Å². The van der Waals surface area contributed by atoms with E-state index in [2.05, 4.69) is 10.0 Å². The third-order valence-electron chi connectivity index (χ3n) is 2.81. The summed E-state index contributed by atoms with van der Waals surface area (Å²) in [5.41, 5.74) is 9.57. The first-order valence-corrected chi connectivity index (χ1v) is 5.77. The lowest BCUT2D eigenvalue weighted by Crippen LogP contribution is -2.26. The molecule has 1 aromatic carbocycles. The maximum atomic E-state index is 8.41. The summed E-state index contributed by atoms with van der Waals surface area (Å²) in [5, 5.41) is 3.76. The van der Waals surface area contributed by atoms with E-state index in [-0.39, 0.29) is 12.1 Å². The molecule has 2 rings (SSSR count). The molecular weight excluding hydrogens is 214 g/mol. The van der Waals surface area contributed by atoms with Crippen LogP contribution in [0.4, 0.5) is 0 Å². The first kappa shape index (κ1) is 11.7. The predicted octanol–water partition coefficient (Wildman–Crippen LogP) is 3.56. The van der Waals surface area contributed by atoms with Crippen LogP contribution in [-0.4, -0.2) is 18.8 Å².